The molecule has 1 atom stereocenters. The van der Waals surface area contributed by atoms with Crippen LogP contribution in [-0.2, 0) is 23.0 Å². The normalized spacial score (nSPS) is 12.4. The molecule has 0 unspecified atom stereocenters. The molecule has 8 heteroatoms. The molecular weight excluding hydrogens is 464 g/mol. The van der Waals surface area contributed by atoms with Crippen LogP contribution in [0.3, 0.4) is 0 Å². The lowest BCUT2D eigenvalue weighted by molar-refractivity contribution is 0.156. The summed E-state index contributed by atoms with van der Waals surface area (Å²) in [4.78, 5) is 2.31. The molecule has 2 N–H and O–H groups in total. The van der Waals surface area contributed by atoms with Gasteiger partial charge in [0.15, 0.2) is 11.5 Å². The van der Waals surface area contributed by atoms with E-state index < -0.39 is 10.0 Å². The lowest BCUT2D eigenvalue weighted by atomic mass is 10.0. The summed E-state index contributed by atoms with van der Waals surface area (Å²) in [6.07, 6.45) is 0.634. The highest BCUT2D eigenvalue weighted by atomic mass is 32.2. The van der Waals surface area contributed by atoms with Crippen molar-refractivity contribution in [2.75, 3.05) is 26.9 Å². The second-order valence-corrected chi connectivity index (χ2v) is 9.80. The van der Waals surface area contributed by atoms with Crippen molar-refractivity contribution in [1.82, 2.24) is 4.90 Å². The van der Waals surface area contributed by atoms with E-state index in [2.05, 4.69) is 24.0 Å². The van der Waals surface area contributed by atoms with Crippen LogP contribution in [0.2, 0.25) is 0 Å². The SMILES string of the molecule is CCOc1ccccc1OCCN(Cc1ccccc1)[C@H](C)Cc1ccc(OC)c(S(N)(=O)=O)c1. The highest BCUT2D eigenvalue weighted by Crippen LogP contribution is 2.27. The Morgan fingerprint density at radius 1 is 0.886 bits per heavy atom. The Morgan fingerprint density at radius 2 is 1.54 bits per heavy atom. The molecule has 0 aliphatic heterocycles. The third kappa shape index (κ3) is 7.71. The van der Waals surface area contributed by atoms with Gasteiger partial charge in [0.05, 0.1) is 13.7 Å². The topological polar surface area (TPSA) is 91.1 Å². The van der Waals surface area contributed by atoms with E-state index in [1.54, 1.807) is 12.1 Å². The number of primary sulfonamides is 1. The van der Waals surface area contributed by atoms with E-state index >= 15 is 0 Å². The standard InChI is InChI=1S/C27H34N2O5S/c1-4-33-24-12-8-9-13-25(24)34-17-16-29(20-22-10-6-5-7-11-22)21(2)18-23-14-15-26(32-3)27(19-23)35(28,30)31/h5-15,19,21H,4,16-18,20H2,1-3H3,(H2,28,30,31)/t21-/m1/s1. The van der Waals surface area contributed by atoms with Crippen molar-refractivity contribution in [3.8, 4) is 17.2 Å². The van der Waals surface area contributed by atoms with Gasteiger partial charge in [-0.2, -0.15) is 0 Å². The quantitative estimate of drug-likeness (QED) is 0.379. The maximum absolute atomic E-state index is 12.0. The Labute approximate surface area is 208 Å². The highest BCUT2D eigenvalue weighted by Gasteiger charge is 2.19. The van der Waals surface area contributed by atoms with Gasteiger partial charge in [-0.15, -0.1) is 0 Å². The van der Waals surface area contributed by atoms with Crippen LogP contribution in [0.15, 0.2) is 77.7 Å². The molecule has 0 saturated carbocycles. The van der Waals surface area contributed by atoms with Crippen LogP contribution in [0.4, 0.5) is 0 Å². The average molecular weight is 499 g/mol. The molecule has 0 aliphatic carbocycles. The molecule has 0 aliphatic rings. The van der Waals surface area contributed by atoms with Gasteiger partial charge in [-0.25, -0.2) is 13.6 Å². The maximum Gasteiger partial charge on any atom is 0.241 e. The van der Waals surface area contributed by atoms with Gasteiger partial charge < -0.3 is 14.2 Å². The average Bonchev–Trinajstić information content (AvgIpc) is 2.84. The fourth-order valence-electron chi connectivity index (χ4n) is 3.93. The van der Waals surface area contributed by atoms with E-state index in [4.69, 9.17) is 19.3 Å². The molecule has 0 spiro atoms. The van der Waals surface area contributed by atoms with Crippen molar-refractivity contribution in [1.29, 1.82) is 0 Å². The zero-order chi connectivity index (χ0) is 25.3. The number of para-hydroxylation sites is 2. The fourth-order valence-corrected chi connectivity index (χ4v) is 4.68. The van der Waals surface area contributed by atoms with Gasteiger partial charge in [0.25, 0.3) is 0 Å². The molecule has 188 valence electrons. The van der Waals surface area contributed by atoms with Crippen LogP contribution in [-0.4, -0.2) is 46.2 Å². The van der Waals surface area contributed by atoms with Crippen LogP contribution >= 0.6 is 0 Å². The lowest BCUT2D eigenvalue weighted by Gasteiger charge is -2.29. The molecule has 3 rings (SSSR count). The smallest absolute Gasteiger partial charge is 0.241 e. The van der Waals surface area contributed by atoms with Gasteiger partial charge in [0.1, 0.15) is 17.3 Å². The van der Waals surface area contributed by atoms with Crippen molar-refractivity contribution >= 4 is 10.0 Å². The predicted molar refractivity (Wildman–Crippen MR) is 137 cm³/mol. The number of hydrogen-bond acceptors (Lipinski definition) is 6. The number of benzene rings is 3. The Balaban J connectivity index is 1.75. The van der Waals surface area contributed by atoms with Gasteiger partial charge in [-0.3, -0.25) is 4.90 Å². The second kappa shape index (κ2) is 12.6. The molecule has 7 nitrogen and oxygen atoms in total. The Bertz CT molecular complexity index is 1190. The first-order chi connectivity index (χ1) is 16.8. The monoisotopic (exact) mass is 498 g/mol. The van der Waals surface area contributed by atoms with Crippen molar-refractivity contribution < 1.29 is 22.6 Å². The number of methoxy groups -OCH3 is 1. The fraction of sp³-hybridized carbons (Fsp3) is 0.333. The number of nitrogens with two attached hydrogens (primary N) is 1. The molecule has 35 heavy (non-hydrogen) atoms. The van der Waals surface area contributed by atoms with Crippen LogP contribution in [0.25, 0.3) is 0 Å². The number of ether oxygens (including phenoxy) is 3. The van der Waals surface area contributed by atoms with Crippen LogP contribution in [0.1, 0.15) is 25.0 Å². The van der Waals surface area contributed by atoms with Gasteiger partial charge in [-0.05, 0) is 55.7 Å². The van der Waals surface area contributed by atoms with E-state index in [0.717, 1.165) is 23.6 Å². The maximum atomic E-state index is 12.0. The van der Waals surface area contributed by atoms with Crippen LogP contribution < -0.4 is 19.3 Å². The van der Waals surface area contributed by atoms with E-state index in [1.807, 2.05) is 55.5 Å². The summed E-state index contributed by atoms with van der Waals surface area (Å²) in [7, 11) is -2.47. The summed E-state index contributed by atoms with van der Waals surface area (Å²) in [6, 6.07) is 23.1. The van der Waals surface area contributed by atoms with Gasteiger partial charge >= 0.3 is 0 Å². The zero-order valence-corrected chi connectivity index (χ0v) is 21.3. The number of nitrogens with zero attached hydrogens (tertiary/aromatic N) is 1. The van der Waals surface area contributed by atoms with Crippen molar-refractivity contribution in [3.63, 3.8) is 0 Å². The summed E-state index contributed by atoms with van der Waals surface area (Å²) < 4.78 is 41.0. The minimum Gasteiger partial charge on any atom is -0.495 e. The van der Waals surface area contributed by atoms with Gasteiger partial charge in [-0.1, -0.05) is 48.5 Å². The van der Waals surface area contributed by atoms with Crippen LogP contribution in [0.5, 0.6) is 17.2 Å². The molecule has 0 bridgehead atoms. The van der Waals surface area contributed by atoms with Crippen molar-refractivity contribution in [3.05, 3.63) is 83.9 Å². The molecule has 3 aromatic rings. The minimum atomic E-state index is -3.90. The van der Waals surface area contributed by atoms with Crippen molar-refractivity contribution in [2.45, 2.75) is 37.8 Å². The molecule has 0 radical (unpaired) electrons. The number of hydrogen-bond donors (Lipinski definition) is 1. The second-order valence-electron chi connectivity index (χ2n) is 8.27. The summed E-state index contributed by atoms with van der Waals surface area (Å²) in [5.74, 6) is 1.69. The Morgan fingerprint density at radius 3 is 2.17 bits per heavy atom. The summed E-state index contributed by atoms with van der Waals surface area (Å²) in [6.45, 7) is 6.52. The molecule has 0 heterocycles. The van der Waals surface area contributed by atoms with Gasteiger partial charge in [0, 0.05) is 19.1 Å². The highest BCUT2D eigenvalue weighted by molar-refractivity contribution is 7.89. The summed E-state index contributed by atoms with van der Waals surface area (Å²) >= 11 is 0. The molecule has 0 saturated heterocycles. The van der Waals surface area contributed by atoms with Gasteiger partial charge in [0.2, 0.25) is 10.0 Å². The Kier molecular flexibility index (Phi) is 9.54. The molecule has 0 fully saturated rings. The lowest BCUT2D eigenvalue weighted by Crippen LogP contribution is -2.37. The third-order valence-corrected chi connectivity index (χ3v) is 6.63. The first-order valence-corrected chi connectivity index (χ1v) is 13.2. The number of rotatable bonds is 13. The first kappa shape index (κ1) is 26.5. The predicted octanol–water partition coefficient (Wildman–Crippen LogP) is 4.25. The third-order valence-electron chi connectivity index (χ3n) is 5.70. The Hall–Kier alpha value is -3.07. The molecule has 3 aromatic carbocycles. The van der Waals surface area contributed by atoms with E-state index in [9.17, 15) is 8.42 Å². The summed E-state index contributed by atoms with van der Waals surface area (Å²) in [5, 5.41) is 5.40. The van der Waals surface area contributed by atoms with Crippen LogP contribution in [0, 0.1) is 0 Å². The summed E-state index contributed by atoms with van der Waals surface area (Å²) in [5.41, 5.74) is 2.05. The zero-order valence-electron chi connectivity index (χ0n) is 20.5. The van der Waals surface area contributed by atoms with E-state index in [-0.39, 0.29) is 16.7 Å². The number of sulfonamides is 1. The molecule has 0 aromatic heterocycles. The van der Waals surface area contributed by atoms with E-state index in [1.165, 1.54) is 12.7 Å². The minimum absolute atomic E-state index is 0.00447. The van der Waals surface area contributed by atoms with Crippen molar-refractivity contribution in [2.24, 2.45) is 5.14 Å². The van der Waals surface area contributed by atoms with E-state index in [0.29, 0.717) is 26.2 Å². The molecular formula is C27H34N2O5S. The molecule has 0 amide bonds. The first-order valence-electron chi connectivity index (χ1n) is 11.6. The largest absolute Gasteiger partial charge is 0.495 e.